The Kier molecular flexibility index (Phi) is 4.04. The van der Waals surface area contributed by atoms with Gasteiger partial charge in [0, 0.05) is 18.7 Å². The van der Waals surface area contributed by atoms with Gasteiger partial charge in [-0.05, 0) is 6.42 Å². The number of nitro benzene ring substituents is 1. The van der Waals surface area contributed by atoms with Crippen molar-refractivity contribution in [2.45, 2.75) is 13.3 Å². The molecule has 0 bridgehead atoms. The Bertz CT molecular complexity index is 396. The molecule has 6 heteroatoms. The van der Waals surface area contributed by atoms with Gasteiger partial charge < -0.3 is 10.1 Å². The predicted molar refractivity (Wildman–Crippen MR) is 58.4 cm³/mol. The molecule has 88 valence electrons. The first-order chi connectivity index (χ1) is 7.60. The van der Waals surface area contributed by atoms with E-state index in [1.54, 1.807) is 0 Å². The lowest BCUT2D eigenvalue weighted by molar-refractivity contribution is -0.387. The molecule has 0 heterocycles. The summed E-state index contributed by atoms with van der Waals surface area (Å²) in [6, 6.07) is 2.15. The third-order valence-corrected chi connectivity index (χ3v) is 2.03. The summed E-state index contributed by atoms with van der Waals surface area (Å²) in [6.07, 6.45) is 0.855. The minimum Gasteiger partial charge on any atom is -0.494 e. The fraction of sp³-hybridized carbons (Fsp3) is 0.400. The fourth-order valence-corrected chi connectivity index (χ4v) is 1.25. The van der Waals surface area contributed by atoms with Crippen LogP contribution in [0.5, 0.6) is 5.75 Å². The molecule has 0 spiro atoms. The maximum Gasteiger partial charge on any atom is 0.307 e. The van der Waals surface area contributed by atoms with Crippen LogP contribution in [-0.2, 0) is 0 Å². The summed E-state index contributed by atoms with van der Waals surface area (Å²) in [7, 11) is 1.39. The van der Waals surface area contributed by atoms with Gasteiger partial charge >= 0.3 is 5.69 Å². The zero-order valence-electron chi connectivity index (χ0n) is 9.12. The van der Waals surface area contributed by atoms with Crippen molar-refractivity contribution in [2.24, 2.45) is 0 Å². The Morgan fingerprint density at radius 2 is 2.25 bits per heavy atom. The van der Waals surface area contributed by atoms with Crippen LogP contribution in [0.1, 0.15) is 13.3 Å². The monoisotopic (exact) mass is 228 g/mol. The summed E-state index contributed by atoms with van der Waals surface area (Å²) in [5, 5.41) is 13.5. The molecule has 0 atom stereocenters. The summed E-state index contributed by atoms with van der Waals surface area (Å²) in [5.41, 5.74) is -0.128. The molecular weight excluding hydrogens is 215 g/mol. The average molecular weight is 228 g/mol. The van der Waals surface area contributed by atoms with Crippen molar-refractivity contribution in [3.8, 4) is 5.75 Å². The van der Waals surface area contributed by atoms with E-state index in [4.69, 9.17) is 4.74 Å². The van der Waals surface area contributed by atoms with E-state index >= 15 is 0 Å². The maximum absolute atomic E-state index is 13.2. The number of rotatable bonds is 5. The van der Waals surface area contributed by atoms with Crippen LogP contribution in [0, 0.1) is 15.9 Å². The third-order valence-electron chi connectivity index (χ3n) is 2.03. The summed E-state index contributed by atoms with van der Waals surface area (Å²) in [5.74, 6) is -0.638. The highest BCUT2D eigenvalue weighted by Gasteiger charge is 2.18. The lowest BCUT2D eigenvalue weighted by atomic mass is 10.2. The third kappa shape index (κ3) is 2.59. The van der Waals surface area contributed by atoms with Crippen molar-refractivity contribution in [1.82, 2.24) is 0 Å². The van der Waals surface area contributed by atoms with Crippen LogP contribution >= 0.6 is 0 Å². The Labute approximate surface area is 92.4 Å². The number of hydrogen-bond donors (Lipinski definition) is 1. The van der Waals surface area contributed by atoms with E-state index < -0.39 is 16.4 Å². The Morgan fingerprint density at radius 3 is 2.75 bits per heavy atom. The van der Waals surface area contributed by atoms with Crippen LogP contribution in [0.4, 0.5) is 15.8 Å². The van der Waals surface area contributed by atoms with Gasteiger partial charge in [-0.1, -0.05) is 6.92 Å². The van der Waals surface area contributed by atoms with Crippen molar-refractivity contribution in [3.63, 3.8) is 0 Å². The number of nitro groups is 1. The van der Waals surface area contributed by atoms with Crippen LogP contribution in [0.3, 0.4) is 0 Å². The molecule has 1 N–H and O–H groups in total. The van der Waals surface area contributed by atoms with Gasteiger partial charge in [0.05, 0.1) is 17.7 Å². The molecule has 1 aromatic carbocycles. The number of methoxy groups -OCH3 is 1. The topological polar surface area (TPSA) is 64.4 Å². The fourth-order valence-electron chi connectivity index (χ4n) is 1.25. The van der Waals surface area contributed by atoms with Gasteiger partial charge in [0.25, 0.3) is 0 Å². The minimum absolute atomic E-state index is 0.261. The normalized spacial score (nSPS) is 9.94. The number of nitrogens with zero attached hydrogens (tertiary/aromatic N) is 1. The number of hydrogen-bond acceptors (Lipinski definition) is 4. The van der Waals surface area contributed by atoms with Gasteiger partial charge in [0.1, 0.15) is 5.75 Å². The van der Waals surface area contributed by atoms with Crippen LogP contribution in [0.15, 0.2) is 12.1 Å². The highest BCUT2D eigenvalue weighted by Crippen LogP contribution is 2.31. The number of benzene rings is 1. The van der Waals surface area contributed by atoms with E-state index in [-0.39, 0.29) is 5.75 Å². The first-order valence-electron chi connectivity index (χ1n) is 4.86. The zero-order valence-corrected chi connectivity index (χ0v) is 9.12. The van der Waals surface area contributed by atoms with Gasteiger partial charge in [0.2, 0.25) is 5.82 Å². The maximum atomic E-state index is 13.2. The van der Waals surface area contributed by atoms with Gasteiger partial charge in [0.15, 0.2) is 0 Å². The largest absolute Gasteiger partial charge is 0.494 e. The first-order valence-corrected chi connectivity index (χ1v) is 4.86. The van der Waals surface area contributed by atoms with Crippen LogP contribution in [-0.4, -0.2) is 18.6 Å². The van der Waals surface area contributed by atoms with Crippen molar-refractivity contribution in [3.05, 3.63) is 28.1 Å². The van der Waals surface area contributed by atoms with Gasteiger partial charge in [-0.25, -0.2) is 0 Å². The second-order valence-corrected chi connectivity index (χ2v) is 3.19. The highest BCUT2D eigenvalue weighted by atomic mass is 19.1. The molecular formula is C10H13FN2O3. The zero-order chi connectivity index (χ0) is 12.1. The molecule has 0 aromatic heterocycles. The van der Waals surface area contributed by atoms with Crippen molar-refractivity contribution in [2.75, 3.05) is 19.0 Å². The Balaban J connectivity index is 3.12. The SMILES string of the molecule is CCCNc1cc([N+](=O)[O-])c(F)cc1OC. The molecule has 0 aliphatic carbocycles. The molecule has 0 saturated carbocycles. The smallest absolute Gasteiger partial charge is 0.307 e. The van der Waals surface area contributed by atoms with E-state index in [1.165, 1.54) is 7.11 Å². The molecule has 0 amide bonds. The van der Waals surface area contributed by atoms with E-state index in [0.717, 1.165) is 18.6 Å². The second kappa shape index (κ2) is 5.29. The van der Waals surface area contributed by atoms with E-state index in [9.17, 15) is 14.5 Å². The second-order valence-electron chi connectivity index (χ2n) is 3.19. The van der Waals surface area contributed by atoms with Crippen LogP contribution < -0.4 is 10.1 Å². The van der Waals surface area contributed by atoms with Crippen molar-refractivity contribution >= 4 is 11.4 Å². The Hall–Kier alpha value is -1.85. The molecule has 0 unspecified atom stereocenters. The Morgan fingerprint density at radius 1 is 1.56 bits per heavy atom. The lowest BCUT2D eigenvalue weighted by Crippen LogP contribution is -2.04. The molecule has 5 nitrogen and oxygen atoms in total. The van der Waals surface area contributed by atoms with E-state index in [0.29, 0.717) is 12.2 Å². The first kappa shape index (κ1) is 12.2. The molecule has 0 radical (unpaired) electrons. The number of ether oxygens (including phenoxy) is 1. The molecule has 0 fully saturated rings. The van der Waals surface area contributed by atoms with Gasteiger partial charge in [-0.15, -0.1) is 0 Å². The van der Waals surface area contributed by atoms with E-state index in [1.807, 2.05) is 6.92 Å². The lowest BCUT2D eigenvalue weighted by Gasteiger charge is -2.10. The molecule has 1 rings (SSSR count). The number of nitrogens with one attached hydrogen (secondary N) is 1. The molecule has 0 saturated heterocycles. The quantitative estimate of drug-likeness (QED) is 0.621. The summed E-state index contributed by atoms with van der Waals surface area (Å²) in [6.45, 7) is 2.59. The standard InChI is InChI=1S/C10H13FN2O3/c1-3-4-12-8-6-9(13(14)15)7(11)5-10(8)16-2/h5-6,12H,3-4H2,1-2H3. The summed E-state index contributed by atoms with van der Waals surface area (Å²) in [4.78, 5) is 9.79. The number of anilines is 1. The number of halogens is 1. The molecule has 0 aliphatic heterocycles. The van der Waals surface area contributed by atoms with Gasteiger partial charge in [-0.3, -0.25) is 10.1 Å². The highest BCUT2D eigenvalue weighted by molar-refractivity contribution is 5.62. The molecule has 0 aliphatic rings. The summed E-state index contributed by atoms with van der Waals surface area (Å²) < 4.78 is 18.2. The summed E-state index contributed by atoms with van der Waals surface area (Å²) >= 11 is 0. The van der Waals surface area contributed by atoms with Crippen LogP contribution in [0.25, 0.3) is 0 Å². The molecule has 16 heavy (non-hydrogen) atoms. The van der Waals surface area contributed by atoms with Crippen LogP contribution in [0.2, 0.25) is 0 Å². The van der Waals surface area contributed by atoms with Crippen molar-refractivity contribution in [1.29, 1.82) is 0 Å². The molecule has 1 aromatic rings. The van der Waals surface area contributed by atoms with E-state index in [2.05, 4.69) is 5.32 Å². The average Bonchev–Trinajstić information content (AvgIpc) is 2.26. The predicted octanol–water partition coefficient (Wildman–Crippen LogP) is 2.56. The van der Waals surface area contributed by atoms with Crippen molar-refractivity contribution < 1.29 is 14.1 Å². The van der Waals surface area contributed by atoms with Gasteiger partial charge in [-0.2, -0.15) is 4.39 Å². The minimum atomic E-state index is -0.899.